The molecule has 5 aromatic heterocycles. The Hall–Kier alpha value is -7.66. The first kappa shape index (κ1) is 50.7. The van der Waals surface area contributed by atoms with Crippen molar-refractivity contribution in [1.29, 1.82) is 0 Å². The molecule has 0 unspecified atom stereocenters. The molecule has 0 atom stereocenters. The predicted molar refractivity (Wildman–Crippen MR) is 268 cm³/mol. The van der Waals surface area contributed by atoms with E-state index in [0.29, 0.717) is 70.0 Å². The maximum atomic E-state index is 14.5. The quantitative estimate of drug-likeness (QED) is 0.0532. The number of nitrogens with two attached hydrogens (primary N) is 2. The summed E-state index contributed by atoms with van der Waals surface area (Å²) in [6.45, 7) is 18.1. The number of hydrogen-bond donors (Lipinski definition) is 5. The topological polar surface area (TPSA) is 289 Å². The van der Waals surface area contributed by atoms with E-state index >= 15 is 0 Å². The molecule has 2 fully saturated rings. The van der Waals surface area contributed by atoms with Gasteiger partial charge in [-0.2, -0.15) is 10.2 Å². The molecule has 5 amide bonds. The van der Waals surface area contributed by atoms with Crippen LogP contribution in [0, 0.1) is 19.3 Å². The van der Waals surface area contributed by atoms with E-state index in [1.807, 2.05) is 26.0 Å². The molecule has 23 heteroatoms. The molecule has 0 bridgehead atoms. The van der Waals surface area contributed by atoms with Gasteiger partial charge in [-0.15, -0.1) is 0 Å². The molecule has 1 spiro atoms. The number of allylic oxidation sites excluding steroid dienone is 2. The first-order valence-electron chi connectivity index (χ1n) is 24.2. The van der Waals surface area contributed by atoms with Gasteiger partial charge < -0.3 is 35.1 Å². The number of aryl methyl sites for hydroxylation is 4. The number of nitrogens with one attached hydrogen (secondary N) is 3. The van der Waals surface area contributed by atoms with Crippen LogP contribution in [0.3, 0.4) is 0 Å². The third kappa shape index (κ3) is 11.1. The van der Waals surface area contributed by atoms with E-state index in [4.69, 9.17) is 30.7 Å². The molecule has 0 aliphatic carbocycles. The standard InChI is InChI=1S/C49H63N15O8/c1-8-63-35(23-29(3)58-63)43(67)56-46-54-34-25-32(41(51)66)27-52-42(34)62(46)18-11-10-17-61-38-33(53-45(61)57-44(68)39-37(30(4)59-64(39)9-2)55-47(69)72-48(5,6)7)24-31(40(50)65)26-36(38)71-20-12-16-60-19-13-49(28-60)14-21-70-22-15-49/h10-11,23-27H,8-9,12-22,28H2,1-7H3,(H2,50,65)(H2,51,66)(H,55,69)(H,53,57,68)(H,54,56,67)/b11-10+. The third-order valence-corrected chi connectivity index (χ3v) is 12.8. The van der Waals surface area contributed by atoms with Crippen molar-refractivity contribution in [3.63, 3.8) is 0 Å². The van der Waals surface area contributed by atoms with Crippen LogP contribution in [-0.4, -0.2) is 123 Å². The average molecular weight is 990 g/mol. The molecule has 0 radical (unpaired) electrons. The van der Waals surface area contributed by atoms with Crippen molar-refractivity contribution in [3.8, 4) is 5.75 Å². The van der Waals surface area contributed by atoms with Gasteiger partial charge in [0.2, 0.25) is 23.7 Å². The Morgan fingerprint density at radius 1 is 0.819 bits per heavy atom. The van der Waals surface area contributed by atoms with Crippen LogP contribution in [-0.2, 0) is 35.7 Å². The summed E-state index contributed by atoms with van der Waals surface area (Å²) in [6, 6.07) is 6.30. The molecule has 0 saturated carbocycles. The van der Waals surface area contributed by atoms with E-state index in [1.165, 1.54) is 16.9 Å². The van der Waals surface area contributed by atoms with E-state index in [1.54, 1.807) is 66.6 Å². The number of fused-ring (bicyclic) bond motifs is 2. The number of primary amides is 2. The molecule has 2 aliphatic rings. The Balaban J connectivity index is 1.13. The highest BCUT2D eigenvalue weighted by Gasteiger charge is 2.39. The number of likely N-dealkylation sites (tertiary alicyclic amines) is 1. The Labute approximate surface area is 415 Å². The second kappa shape index (κ2) is 21.0. The van der Waals surface area contributed by atoms with Crippen LogP contribution < -0.4 is 32.2 Å². The lowest BCUT2D eigenvalue weighted by molar-refractivity contribution is 0.0192. The summed E-state index contributed by atoms with van der Waals surface area (Å²) in [6.07, 6.45) is 8.19. The van der Waals surface area contributed by atoms with Crippen LogP contribution in [0.2, 0.25) is 0 Å². The van der Waals surface area contributed by atoms with Crippen molar-refractivity contribution in [2.45, 2.75) is 106 Å². The summed E-state index contributed by atoms with van der Waals surface area (Å²) >= 11 is 0. The highest BCUT2D eigenvalue weighted by Crippen LogP contribution is 2.40. The molecule has 6 aromatic rings. The molecule has 8 rings (SSSR count). The van der Waals surface area contributed by atoms with Gasteiger partial charge in [-0.1, -0.05) is 12.2 Å². The number of ether oxygens (including phenoxy) is 3. The van der Waals surface area contributed by atoms with Crippen LogP contribution in [0.1, 0.15) is 113 Å². The van der Waals surface area contributed by atoms with Gasteiger partial charge in [0.05, 0.1) is 34.8 Å². The van der Waals surface area contributed by atoms with E-state index in [9.17, 15) is 24.0 Å². The molecular weight excluding hydrogens is 927 g/mol. The fourth-order valence-corrected chi connectivity index (χ4v) is 9.32. The number of hydrogen-bond acceptors (Lipinski definition) is 14. The zero-order valence-electron chi connectivity index (χ0n) is 41.8. The third-order valence-electron chi connectivity index (χ3n) is 12.8. The number of pyridine rings is 1. The summed E-state index contributed by atoms with van der Waals surface area (Å²) < 4.78 is 24.1. The van der Waals surface area contributed by atoms with Crippen LogP contribution in [0.15, 0.2) is 42.6 Å². The molecule has 7 heterocycles. The van der Waals surface area contributed by atoms with Gasteiger partial charge in [-0.3, -0.25) is 49.1 Å². The van der Waals surface area contributed by atoms with E-state index in [2.05, 4.69) is 41.0 Å². The van der Waals surface area contributed by atoms with Gasteiger partial charge in [-0.25, -0.2) is 19.7 Å². The fraction of sp³-hybridized carbons (Fsp3) is 0.469. The van der Waals surface area contributed by atoms with E-state index in [0.717, 1.165) is 52.1 Å². The van der Waals surface area contributed by atoms with Gasteiger partial charge in [0.1, 0.15) is 28.1 Å². The highest BCUT2D eigenvalue weighted by atomic mass is 16.6. The van der Waals surface area contributed by atoms with Crippen molar-refractivity contribution in [1.82, 2.24) is 48.5 Å². The number of carbonyl (C=O) groups is 5. The van der Waals surface area contributed by atoms with Gasteiger partial charge in [-0.05, 0) is 110 Å². The van der Waals surface area contributed by atoms with Gasteiger partial charge in [0.25, 0.3) is 11.8 Å². The summed E-state index contributed by atoms with van der Waals surface area (Å²) in [5.74, 6) is -1.90. The number of aromatic nitrogens is 9. The van der Waals surface area contributed by atoms with Crippen LogP contribution in [0.5, 0.6) is 5.75 Å². The molecule has 1 aromatic carbocycles. The first-order chi connectivity index (χ1) is 34.4. The van der Waals surface area contributed by atoms with Crippen molar-refractivity contribution in [2.24, 2.45) is 16.9 Å². The Bertz CT molecular complexity index is 3080. The minimum Gasteiger partial charge on any atom is -0.491 e. The fourth-order valence-electron chi connectivity index (χ4n) is 9.32. The maximum Gasteiger partial charge on any atom is 0.412 e. The number of imidazole rings is 2. The normalized spacial score (nSPS) is 14.9. The van der Waals surface area contributed by atoms with Crippen molar-refractivity contribution < 1.29 is 38.2 Å². The lowest BCUT2D eigenvalue weighted by atomic mass is 9.80. The summed E-state index contributed by atoms with van der Waals surface area (Å²) in [4.78, 5) is 82.6. The minimum atomic E-state index is -0.811. The molecular formula is C49H63N15O8. The monoisotopic (exact) mass is 989 g/mol. The molecule has 2 saturated heterocycles. The molecule has 382 valence electrons. The number of anilines is 3. The lowest BCUT2D eigenvalue weighted by Crippen LogP contribution is -2.33. The van der Waals surface area contributed by atoms with Gasteiger partial charge >= 0.3 is 6.09 Å². The van der Waals surface area contributed by atoms with Gasteiger partial charge in [0, 0.05) is 64.2 Å². The van der Waals surface area contributed by atoms with Crippen molar-refractivity contribution >= 4 is 69.5 Å². The van der Waals surface area contributed by atoms with Crippen molar-refractivity contribution in [3.05, 3.63) is 76.5 Å². The number of rotatable bonds is 18. The first-order valence-corrected chi connectivity index (χ1v) is 24.2. The molecule has 2 aliphatic heterocycles. The SMILES string of the molecule is CCn1nc(C)cc1C(=O)Nc1nc2cc(C(N)=O)cnc2n1C/C=C/Cn1c(NC(=O)c2c(NC(=O)OC(C)(C)C)c(C)nn2CC)nc2cc(C(N)=O)cc(OCCCN3CCC4(CCOCC4)C3)c21. The average Bonchev–Trinajstić information content (AvgIpc) is 4.15. The Morgan fingerprint density at radius 2 is 1.49 bits per heavy atom. The number of nitrogens with zero attached hydrogens (tertiary/aromatic N) is 10. The summed E-state index contributed by atoms with van der Waals surface area (Å²) in [5, 5.41) is 17.5. The maximum absolute atomic E-state index is 14.5. The van der Waals surface area contributed by atoms with Crippen LogP contribution in [0.25, 0.3) is 22.2 Å². The van der Waals surface area contributed by atoms with Crippen LogP contribution in [0.4, 0.5) is 22.4 Å². The highest BCUT2D eigenvalue weighted by molar-refractivity contribution is 6.09. The zero-order chi connectivity index (χ0) is 51.5. The predicted octanol–water partition coefficient (Wildman–Crippen LogP) is 5.41. The molecule has 7 N–H and O–H groups in total. The Kier molecular flexibility index (Phi) is 14.8. The van der Waals surface area contributed by atoms with Crippen LogP contribution >= 0.6 is 0 Å². The van der Waals surface area contributed by atoms with E-state index in [-0.39, 0.29) is 54.0 Å². The number of amides is 5. The molecule has 23 nitrogen and oxygen atoms in total. The number of benzene rings is 1. The summed E-state index contributed by atoms with van der Waals surface area (Å²) in [5.41, 5.74) is 14.3. The van der Waals surface area contributed by atoms with Gasteiger partial charge in [0.15, 0.2) is 11.3 Å². The largest absolute Gasteiger partial charge is 0.491 e. The van der Waals surface area contributed by atoms with E-state index < -0.39 is 35.3 Å². The zero-order valence-corrected chi connectivity index (χ0v) is 41.8. The van der Waals surface area contributed by atoms with Crippen molar-refractivity contribution in [2.75, 3.05) is 55.4 Å². The summed E-state index contributed by atoms with van der Waals surface area (Å²) in [7, 11) is 0. The molecule has 72 heavy (non-hydrogen) atoms. The number of carbonyl (C=O) groups excluding carboxylic acids is 5. The smallest absolute Gasteiger partial charge is 0.412 e. The minimum absolute atomic E-state index is 0.0551. The second-order valence-electron chi connectivity index (χ2n) is 19.2. The Morgan fingerprint density at radius 3 is 2.18 bits per heavy atom. The lowest BCUT2D eigenvalue weighted by Gasteiger charge is -2.33. The second-order valence-corrected chi connectivity index (χ2v) is 19.2.